The number of anilines is 1. The summed E-state index contributed by atoms with van der Waals surface area (Å²) in [6, 6.07) is 5.92. The van der Waals surface area contributed by atoms with Crippen molar-refractivity contribution in [3.8, 4) is 0 Å². The number of carbonyl (C=O) groups excluding carboxylic acids is 2. The second-order valence-corrected chi connectivity index (χ2v) is 6.34. The largest absolute Gasteiger partial charge is 0.356 e. The summed E-state index contributed by atoms with van der Waals surface area (Å²) < 4.78 is 0. The molecule has 0 bridgehead atoms. The van der Waals surface area contributed by atoms with Crippen molar-refractivity contribution < 1.29 is 9.59 Å². The van der Waals surface area contributed by atoms with Crippen molar-refractivity contribution in [2.24, 2.45) is 17.8 Å². The number of carbonyl (C=O) groups is 2. The lowest BCUT2D eigenvalue weighted by molar-refractivity contribution is -0.125. The highest BCUT2D eigenvalue weighted by Gasteiger charge is 2.48. The Morgan fingerprint density at radius 2 is 1.71 bits per heavy atom. The maximum absolute atomic E-state index is 12.2. The summed E-state index contributed by atoms with van der Waals surface area (Å²) in [5.41, 5.74) is 2.96. The molecule has 0 spiro atoms. The van der Waals surface area contributed by atoms with Gasteiger partial charge < -0.3 is 10.6 Å². The molecular formula is C17H24N2O2. The summed E-state index contributed by atoms with van der Waals surface area (Å²) in [5, 5.41) is 5.87. The van der Waals surface area contributed by atoms with Gasteiger partial charge in [-0.2, -0.15) is 0 Å². The minimum Gasteiger partial charge on any atom is -0.356 e. The highest BCUT2D eigenvalue weighted by Crippen LogP contribution is 2.39. The van der Waals surface area contributed by atoms with E-state index in [4.69, 9.17) is 0 Å². The van der Waals surface area contributed by atoms with E-state index in [0.29, 0.717) is 18.9 Å². The third kappa shape index (κ3) is 3.84. The minimum absolute atomic E-state index is 0.00496. The molecule has 0 radical (unpaired) electrons. The van der Waals surface area contributed by atoms with Crippen molar-refractivity contribution >= 4 is 17.5 Å². The molecule has 2 unspecified atom stereocenters. The van der Waals surface area contributed by atoms with Gasteiger partial charge in [-0.25, -0.2) is 0 Å². The predicted octanol–water partition coefficient (Wildman–Crippen LogP) is 2.65. The zero-order valence-corrected chi connectivity index (χ0v) is 13.2. The monoisotopic (exact) mass is 288 g/mol. The van der Waals surface area contributed by atoms with Crippen LogP contribution in [0.5, 0.6) is 0 Å². The summed E-state index contributed by atoms with van der Waals surface area (Å²) in [7, 11) is 0. The fraction of sp³-hybridized carbons (Fsp3) is 0.529. The van der Waals surface area contributed by atoms with Gasteiger partial charge in [-0.05, 0) is 37.3 Å². The zero-order valence-electron chi connectivity index (χ0n) is 13.2. The Hall–Kier alpha value is -1.84. The molecule has 2 atom stereocenters. The van der Waals surface area contributed by atoms with Crippen LogP contribution < -0.4 is 10.6 Å². The van der Waals surface area contributed by atoms with Crippen LogP contribution in [0.4, 0.5) is 5.69 Å². The summed E-state index contributed by atoms with van der Waals surface area (Å²) in [5.74, 6) is 0.0429. The van der Waals surface area contributed by atoms with Crippen molar-refractivity contribution in [2.75, 3.05) is 11.9 Å². The molecule has 1 aromatic rings. The number of benzene rings is 1. The first-order chi connectivity index (χ1) is 9.90. The van der Waals surface area contributed by atoms with Gasteiger partial charge in [-0.3, -0.25) is 9.59 Å². The lowest BCUT2D eigenvalue weighted by Crippen LogP contribution is -2.30. The smallest absolute Gasteiger partial charge is 0.228 e. The number of hydrogen-bond acceptors (Lipinski definition) is 2. The first-order valence-electron chi connectivity index (χ1n) is 7.55. The third-order valence-corrected chi connectivity index (χ3v) is 3.88. The average molecular weight is 288 g/mol. The van der Waals surface area contributed by atoms with E-state index in [-0.39, 0.29) is 23.7 Å². The molecule has 2 N–H and O–H groups in total. The lowest BCUT2D eigenvalue weighted by atomic mass is 10.1. The molecule has 0 saturated heterocycles. The van der Waals surface area contributed by atoms with Crippen LogP contribution in [-0.4, -0.2) is 18.4 Å². The fourth-order valence-corrected chi connectivity index (χ4v) is 2.44. The molecule has 4 heteroatoms. The maximum Gasteiger partial charge on any atom is 0.228 e. The van der Waals surface area contributed by atoms with Gasteiger partial charge in [-0.1, -0.05) is 32.0 Å². The van der Waals surface area contributed by atoms with Crippen molar-refractivity contribution in [3.05, 3.63) is 29.3 Å². The zero-order chi connectivity index (χ0) is 15.6. The number of rotatable bonds is 5. The van der Waals surface area contributed by atoms with Gasteiger partial charge in [0.15, 0.2) is 0 Å². The SMILES string of the molecule is Cc1cccc(C)c1NC(=O)C1CC1C(=O)NCC(C)C. The van der Waals surface area contributed by atoms with Gasteiger partial charge in [0.2, 0.25) is 11.8 Å². The van der Waals surface area contributed by atoms with E-state index in [1.54, 1.807) is 0 Å². The molecule has 1 aliphatic rings. The van der Waals surface area contributed by atoms with Crippen LogP contribution in [0.1, 0.15) is 31.4 Å². The summed E-state index contributed by atoms with van der Waals surface area (Å²) >= 11 is 0. The van der Waals surface area contributed by atoms with Gasteiger partial charge in [0.1, 0.15) is 0 Å². The first kappa shape index (κ1) is 15.5. The Kier molecular flexibility index (Phi) is 4.66. The molecule has 1 aromatic carbocycles. The molecule has 21 heavy (non-hydrogen) atoms. The van der Waals surface area contributed by atoms with Crippen molar-refractivity contribution in [1.29, 1.82) is 0 Å². The van der Waals surface area contributed by atoms with Gasteiger partial charge in [0.05, 0.1) is 11.8 Å². The van der Waals surface area contributed by atoms with Crippen molar-refractivity contribution in [3.63, 3.8) is 0 Å². The molecule has 4 nitrogen and oxygen atoms in total. The van der Waals surface area contributed by atoms with Gasteiger partial charge in [-0.15, -0.1) is 0 Å². The maximum atomic E-state index is 12.2. The Morgan fingerprint density at radius 3 is 2.29 bits per heavy atom. The van der Waals surface area contributed by atoms with E-state index >= 15 is 0 Å². The van der Waals surface area contributed by atoms with Crippen LogP contribution in [-0.2, 0) is 9.59 Å². The normalized spacial score (nSPS) is 20.2. The van der Waals surface area contributed by atoms with E-state index in [9.17, 15) is 9.59 Å². The Morgan fingerprint density at radius 1 is 1.14 bits per heavy atom. The van der Waals surface area contributed by atoms with Crippen LogP contribution in [0.3, 0.4) is 0 Å². The molecule has 2 amide bonds. The molecule has 1 saturated carbocycles. The van der Waals surface area contributed by atoms with Crippen molar-refractivity contribution in [1.82, 2.24) is 5.32 Å². The molecule has 1 aliphatic carbocycles. The number of hydrogen-bond donors (Lipinski definition) is 2. The van der Waals surface area contributed by atoms with Crippen LogP contribution in [0.25, 0.3) is 0 Å². The molecule has 114 valence electrons. The van der Waals surface area contributed by atoms with E-state index in [0.717, 1.165) is 16.8 Å². The topological polar surface area (TPSA) is 58.2 Å². The standard InChI is InChI=1S/C17H24N2O2/c1-10(2)9-18-16(20)13-8-14(13)17(21)19-15-11(3)6-5-7-12(15)4/h5-7,10,13-14H,8-9H2,1-4H3,(H,18,20)(H,19,21). The van der Waals surface area contributed by atoms with Crippen molar-refractivity contribution in [2.45, 2.75) is 34.1 Å². The molecule has 1 fully saturated rings. The molecule has 2 rings (SSSR count). The third-order valence-electron chi connectivity index (χ3n) is 3.88. The molecular weight excluding hydrogens is 264 g/mol. The Labute approximate surface area is 126 Å². The highest BCUT2D eigenvalue weighted by atomic mass is 16.2. The van der Waals surface area contributed by atoms with Crippen LogP contribution in [0.15, 0.2) is 18.2 Å². The van der Waals surface area contributed by atoms with Gasteiger partial charge in [0.25, 0.3) is 0 Å². The summed E-state index contributed by atoms with van der Waals surface area (Å²) in [4.78, 5) is 24.2. The Bertz CT molecular complexity index is 531. The second kappa shape index (κ2) is 6.29. The van der Waals surface area contributed by atoms with Crippen LogP contribution in [0, 0.1) is 31.6 Å². The minimum atomic E-state index is -0.184. The van der Waals surface area contributed by atoms with E-state index < -0.39 is 0 Å². The number of amides is 2. The van der Waals surface area contributed by atoms with Gasteiger partial charge in [0, 0.05) is 12.2 Å². The van der Waals surface area contributed by atoms with Crippen LogP contribution in [0.2, 0.25) is 0 Å². The number of para-hydroxylation sites is 1. The summed E-state index contributed by atoms with van der Waals surface area (Å²) in [6.07, 6.45) is 0.653. The number of aryl methyl sites for hydroxylation is 2. The number of nitrogens with one attached hydrogen (secondary N) is 2. The quantitative estimate of drug-likeness (QED) is 0.875. The highest BCUT2D eigenvalue weighted by molar-refractivity contribution is 6.00. The van der Waals surface area contributed by atoms with E-state index in [1.807, 2.05) is 32.0 Å². The average Bonchev–Trinajstić information content (AvgIpc) is 3.20. The first-order valence-corrected chi connectivity index (χ1v) is 7.55. The van der Waals surface area contributed by atoms with Crippen LogP contribution >= 0.6 is 0 Å². The molecule has 0 aromatic heterocycles. The van der Waals surface area contributed by atoms with Gasteiger partial charge >= 0.3 is 0 Å². The van der Waals surface area contributed by atoms with E-state index in [1.165, 1.54) is 0 Å². The Balaban J connectivity index is 1.90. The summed E-state index contributed by atoms with van der Waals surface area (Å²) in [6.45, 7) is 8.72. The molecule has 0 heterocycles. The molecule has 0 aliphatic heterocycles. The van der Waals surface area contributed by atoms with E-state index in [2.05, 4.69) is 24.5 Å². The lowest BCUT2D eigenvalue weighted by Gasteiger charge is -2.11. The fourth-order valence-electron chi connectivity index (χ4n) is 2.44. The second-order valence-electron chi connectivity index (χ2n) is 6.34. The predicted molar refractivity (Wildman–Crippen MR) is 84.0 cm³/mol.